The van der Waals surface area contributed by atoms with Crippen LogP contribution in [0.1, 0.15) is 29.9 Å². The second kappa shape index (κ2) is 9.14. The fourth-order valence-electron chi connectivity index (χ4n) is 3.71. The summed E-state index contributed by atoms with van der Waals surface area (Å²) in [5.74, 6) is 11.8. The average Bonchev–Trinajstić information content (AvgIpc) is 2.74. The van der Waals surface area contributed by atoms with E-state index in [0.717, 1.165) is 55.3 Å². The van der Waals surface area contributed by atoms with Gasteiger partial charge in [0.25, 0.3) is 0 Å². The first-order valence-corrected chi connectivity index (χ1v) is 12.0. The van der Waals surface area contributed by atoms with Crippen molar-refractivity contribution in [2.45, 2.75) is 28.6 Å². The SMILES string of the molecule is CS(=O)(=O)c1ccc(-c2ccc(C3CCNCC3)cc2)c(/C(=N/N)NN)c1SN. The molecule has 0 atom stereocenters. The van der Waals surface area contributed by atoms with E-state index >= 15 is 0 Å². The van der Waals surface area contributed by atoms with Crippen LogP contribution in [0.25, 0.3) is 11.1 Å². The molecule has 0 bridgehead atoms. The standard InChI is InChI=1S/C19H26N6O2S2/c1-29(26,27)16-7-6-15(17(18(16)28-22)19(24-20)25-21)14-4-2-12(3-5-14)13-8-10-23-11-9-13/h2-7,13,23H,8-11,20-22H2,1H3,(H,24,25). The summed E-state index contributed by atoms with van der Waals surface area (Å²) in [4.78, 5) is 0.445. The van der Waals surface area contributed by atoms with Crippen LogP contribution < -0.4 is 27.6 Å². The molecule has 1 aliphatic heterocycles. The Balaban J connectivity index is 2.13. The van der Waals surface area contributed by atoms with E-state index in [1.165, 1.54) is 5.56 Å². The zero-order valence-corrected chi connectivity index (χ0v) is 17.8. The summed E-state index contributed by atoms with van der Waals surface area (Å²) < 4.78 is 24.5. The third kappa shape index (κ3) is 4.57. The minimum atomic E-state index is -3.51. The predicted molar refractivity (Wildman–Crippen MR) is 118 cm³/mol. The molecule has 29 heavy (non-hydrogen) atoms. The number of amidine groups is 1. The van der Waals surface area contributed by atoms with Gasteiger partial charge in [-0.05, 0) is 66.6 Å². The van der Waals surface area contributed by atoms with Gasteiger partial charge in [0, 0.05) is 11.8 Å². The molecule has 0 saturated carbocycles. The summed E-state index contributed by atoms with van der Waals surface area (Å²) in [6.45, 7) is 2.05. The molecule has 156 valence electrons. The minimum Gasteiger partial charge on any atom is -0.321 e. The van der Waals surface area contributed by atoms with Crippen molar-refractivity contribution < 1.29 is 8.42 Å². The molecule has 0 amide bonds. The Kier molecular flexibility index (Phi) is 6.81. The zero-order valence-electron chi connectivity index (χ0n) is 16.2. The lowest BCUT2D eigenvalue weighted by molar-refractivity contribution is 0.460. The average molecular weight is 435 g/mol. The van der Waals surface area contributed by atoms with Crippen LogP contribution in [0.3, 0.4) is 0 Å². The van der Waals surface area contributed by atoms with Crippen molar-refractivity contribution in [1.82, 2.24) is 10.7 Å². The van der Waals surface area contributed by atoms with E-state index in [2.05, 4.69) is 28.0 Å². The van der Waals surface area contributed by atoms with Crippen molar-refractivity contribution in [2.75, 3.05) is 19.3 Å². The van der Waals surface area contributed by atoms with Crippen LogP contribution in [0, 0.1) is 0 Å². The summed E-state index contributed by atoms with van der Waals surface area (Å²) in [5, 5.41) is 12.9. The molecule has 0 spiro atoms. The van der Waals surface area contributed by atoms with Gasteiger partial charge in [-0.1, -0.05) is 30.3 Å². The van der Waals surface area contributed by atoms with Crippen molar-refractivity contribution in [2.24, 2.45) is 21.9 Å². The number of nitrogens with zero attached hydrogens (tertiary/aromatic N) is 1. The van der Waals surface area contributed by atoms with Gasteiger partial charge in [0.1, 0.15) is 0 Å². The number of hydrogen-bond donors (Lipinski definition) is 5. The van der Waals surface area contributed by atoms with Crippen molar-refractivity contribution in [1.29, 1.82) is 0 Å². The Labute approximate surface area is 175 Å². The van der Waals surface area contributed by atoms with Gasteiger partial charge in [-0.15, -0.1) is 0 Å². The Hall–Kier alpha value is -2.11. The van der Waals surface area contributed by atoms with E-state index < -0.39 is 9.84 Å². The van der Waals surface area contributed by atoms with Crippen molar-refractivity contribution in [3.8, 4) is 11.1 Å². The maximum atomic E-state index is 12.2. The fourth-order valence-corrected chi connectivity index (χ4v) is 5.57. The van der Waals surface area contributed by atoms with E-state index in [1.807, 2.05) is 12.1 Å². The minimum absolute atomic E-state index is 0.103. The summed E-state index contributed by atoms with van der Waals surface area (Å²) >= 11 is 0.825. The molecule has 1 aliphatic rings. The van der Waals surface area contributed by atoms with Crippen molar-refractivity contribution >= 4 is 27.6 Å². The van der Waals surface area contributed by atoms with E-state index in [9.17, 15) is 8.42 Å². The van der Waals surface area contributed by atoms with Crippen LogP contribution in [-0.4, -0.2) is 33.6 Å². The topological polar surface area (TPSA) is 149 Å². The number of piperidine rings is 1. The van der Waals surface area contributed by atoms with Gasteiger partial charge in [0.15, 0.2) is 15.7 Å². The monoisotopic (exact) mass is 434 g/mol. The summed E-state index contributed by atoms with van der Waals surface area (Å²) in [5.41, 5.74) is 5.83. The molecule has 0 unspecified atom stereocenters. The van der Waals surface area contributed by atoms with Crippen LogP contribution in [0.2, 0.25) is 0 Å². The van der Waals surface area contributed by atoms with Gasteiger partial charge in [-0.3, -0.25) is 5.14 Å². The van der Waals surface area contributed by atoms with Gasteiger partial charge in [0.05, 0.1) is 9.79 Å². The lowest BCUT2D eigenvalue weighted by Gasteiger charge is -2.23. The number of hydrogen-bond acceptors (Lipinski definition) is 8. The summed E-state index contributed by atoms with van der Waals surface area (Å²) in [6, 6.07) is 11.5. The molecule has 3 rings (SSSR count). The smallest absolute Gasteiger partial charge is 0.176 e. The molecule has 10 heteroatoms. The number of rotatable bonds is 5. The van der Waals surface area contributed by atoms with Crippen LogP contribution in [-0.2, 0) is 9.84 Å². The molecule has 0 aromatic heterocycles. The summed E-state index contributed by atoms with van der Waals surface area (Å²) in [7, 11) is -3.51. The highest BCUT2D eigenvalue weighted by Gasteiger charge is 2.24. The highest BCUT2D eigenvalue weighted by Crippen LogP contribution is 2.36. The number of hydrazine groups is 1. The largest absolute Gasteiger partial charge is 0.321 e. The van der Waals surface area contributed by atoms with E-state index in [4.69, 9.17) is 16.8 Å². The van der Waals surface area contributed by atoms with Crippen LogP contribution in [0.5, 0.6) is 0 Å². The van der Waals surface area contributed by atoms with Crippen LogP contribution in [0.15, 0.2) is 51.3 Å². The normalized spacial score (nSPS) is 16.0. The summed E-state index contributed by atoms with van der Waals surface area (Å²) in [6.07, 6.45) is 3.36. The Morgan fingerprint density at radius 2 is 1.83 bits per heavy atom. The molecule has 8 N–H and O–H groups in total. The molecule has 2 aromatic carbocycles. The number of sulfone groups is 1. The molecular formula is C19H26N6O2S2. The molecule has 1 saturated heterocycles. The fraction of sp³-hybridized carbons (Fsp3) is 0.316. The maximum absolute atomic E-state index is 12.2. The first kappa shape index (κ1) is 21.6. The van der Waals surface area contributed by atoms with Crippen LogP contribution >= 0.6 is 11.9 Å². The molecule has 0 radical (unpaired) electrons. The van der Waals surface area contributed by atoms with E-state index in [-0.39, 0.29) is 10.7 Å². The lowest BCUT2D eigenvalue weighted by atomic mass is 9.88. The number of hydrazone groups is 1. The van der Waals surface area contributed by atoms with E-state index in [0.29, 0.717) is 16.4 Å². The highest BCUT2D eigenvalue weighted by molar-refractivity contribution is 7.98. The molecule has 1 heterocycles. The lowest BCUT2D eigenvalue weighted by Crippen LogP contribution is -2.33. The second-order valence-electron chi connectivity index (χ2n) is 6.97. The van der Waals surface area contributed by atoms with Crippen molar-refractivity contribution in [3.63, 3.8) is 0 Å². The third-order valence-electron chi connectivity index (χ3n) is 5.17. The number of nitrogens with one attached hydrogen (secondary N) is 2. The Bertz CT molecular complexity index is 1000. The van der Waals surface area contributed by atoms with Gasteiger partial charge < -0.3 is 16.6 Å². The first-order chi connectivity index (χ1) is 13.9. The van der Waals surface area contributed by atoms with Crippen LogP contribution in [0.4, 0.5) is 0 Å². The van der Waals surface area contributed by atoms with Gasteiger partial charge in [-0.2, -0.15) is 5.10 Å². The molecule has 8 nitrogen and oxygen atoms in total. The maximum Gasteiger partial charge on any atom is 0.176 e. The second-order valence-corrected chi connectivity index (χ2v) is 9.60. The predicted octanol–water partition coefficient (Wildman–Crippen LogP) is 1.27. The van der Waals surface area contributed by atoms with Gasteiger partial charge in [0.2, 0.25) is 0 Å². The highest BCUT2D eigenvalue weighted by atomic mass is 32.2. The first-order valence-electron chi connectivity index (χ1n) is 9.20. The van der Waals surface area contributed by atoms with Gasteiger partial charge >= 0.3 is 0 Å². The number of benzene rings is 2. The third-order valence-corrected chi connectivity index (χ3v) is 7.10. The van der Waals surface area contributed by atoms with Crippen molar-refractivity contribution in [3.05, 3.63) is 47.5 Å². The molecular weight excluding hydrogens is 408 g/mol. The van der Waals surface area contributed by atoms with E-state index in [1.54, 1.807) is 12.1 Å². The quantitative estimate of drug-likeness (QED) is 0.155. The Morgan fingerprint density at radius 3 is 2.34 bits per heavy atom. The van der Waals surface area contributed by atoms with Gasteiger partial charge in [-0.25, -0.2) is 14.3 Å². The molecule has 2 aromatic rings. The molecule has 1 fully saturated rings. The Morgan fingerprint density at radius 1 is 1.17 bits per heavy atom. The number of nitrogens with two attached hydrogens (primary N) is 3. The molecule has 0 aliphatic carbocycles. The zero-order chi connectivity index (χ0) is 21.0.